The quantitative estimate of drug-likeness (QED) is 0.784. The lowest BCUT2D eigenvalue weighted by atomic mass is 10.4. The van der Waals surface area contributed by atoms with E-state index in [9.17, 15) is 9.59 Å². The number of carbonyl (C=O) groups excluding carboxylic acids is 1. The highest BCUT2D eigenvalue weighted by atomic mass is 16.5. The van der Waals surface area contributed by atoms with Crippen LogP contribution in [0, 0.1) is 0 Å². The Kier molecular flexibility index (Phi) is 2.86. The second kappa shape index (κ2) is 4.68. The second-order valence-corrected chi connectivity index (χ2v) is 4.06. The average molecular weight is 277 g/mol. The molecule has 0 bridgehead atoms. The monoisotopic (exact) mass is 277 g/mol. The van der Waals surface area contributed by atoms with Crippen molar-refractivity contribution in [2.24, 2.45) is 0 Å². The summed E-state index contributed by atoms with van der Waals surface area (Å²) < 4.78 is 10.4. The zero-order chi connectivity index (χ0) is 14.1. The maximum Gasteiger partial charge on any atom is 0.461 e. The summed E-state index contributed by atoms with van der Waals surface area (Å²) in [7, 11) is 1.24. The highest BCUT2D eigenvalue weighted by Crippen LogP contribution is 2.20. The maximum absolute atomic E-state index is 11.3. The molecule has 3 rings (SSSR count). The Labute approximate surface area is 112 Å². The third-order valence-corrected chi connectivity index (χ3v) is 2.80. The summed E-state index contributed by atoms with van der Waals surface area (Å²) in [6.07, 6.45) is 3.31. The first-order valence-electron chi connectivity index (χ1n) is 5.83. The Bertz CT molecular complexity index is 739. The SMILES string of the molecule is COC(=O)Nc1cc(N2CC=CC2)nc2nc(=O)on12. The van der Waals surface area contributed by atoms with Gasteiger partial charge in [0.25, 0.3) is 5.78 Å². The van der Waals surface area contributed by atoms with Gasteiger partial charge in [0.05, 0.1) is 7.11 Å². The van der Waals surface area contributed by atoms with Crippen LogP contribution in [0.1, 0.15) is 0 Å². The summed E-state index contributed by atoms with van der Waals surface area (Å²) >= 11 is 0. The van der Waals surface area contributed by atoms with Gasteiger partial charge >= 0.3 is 11.8 Å². The number of hydrogen-bond donors (Lipinski definition) is 1. The molecule has 104 valence electrons. The highest BCUT2D eigenvalue weighted by Gasteiger charge is 2.17. The molecule has 1 N–H and O–H groups in total. The van der Waals surface area contributed by atoms with Gasteiger partial charge in [-0.1, -0.05) is 12.2 Å². The molecule has 9 nitrogen and oxygen atoms in total. The molecule has 1 aliphatic rings. The Hall–Kier alpha value is -2.84. The van der Waals surface area contributed by atoms with Crippen molar-refractivity contribution in [3.8, 4) is 0 Å². The van der Waals surface area contributed by atoms with Gasteiger partial charge in [-0.05, 0) is 0 Å². The molecule has 3 heterocycles. The Morgan fingerprint density at radius 1 is 1.40 bits per heavy atom. The Morgan fingerprint density at radius 2 is 2.15 bits per heavy atom. The molecule has 0 unspecified atom stereocenters. The van der Waals surface area contributed by atoms with Crippen molar-refractivity contribution < 1.29 is 14.1 Å². The average Bonchev–Trinajstić information content (AvgIpc) is 3.06. The van der Waals surface area contributed by atoms with Crippen LogP contribution in [0.25, 0.3) is 5.78 Å². The molecule has 1 aliphatic heterocycles. The molecule has 0 aromatic carbocycles. The zero-order valence-electron chi connectivity index (χ0n) is 10.6. The number of carbonyl (C=O) groups is 1. The zero-order valence-corrected chi connectivity index (χ0v) is 10.6. The largest absolute Gasteiger partial charge is 0.461 e. The van der Waals surface area contributed by atoms with Crippen molar-refractivity contribution in [2.75, 3.05) is 30.4 Å². The first-order chi connectivity index (χ1) is 9.67. The molecule has 0 fully saturated rings. The number of nitrogens with one attached hydrogen (secondary N) is 1. The van der Waals surface area contributed by atoms with Gasteiger partial charge in [0.2, 0.25) is 0 Å². The van der Waals surface area contributed by atoms with Gasteiger partial charge in [-0.25, -0.2) is 9.59 Å². The summed E-state index contributed by atoms with van der Waals surface area (Å²) in [5.74, 6) is 0.0842. The van der Waals surface area contributed by atoms with Crippen molar-refractivity contribution in [3.63, 3.8) is 0 Å². The van der Waals surface area contributed by atoms with E-state index in [4.69, 9.17) is 4.52 Å². The number of ether oxygens (including phenoxy) is 1. The van der Waals surface area contributed by atoms with Crippen LogP contribution in [0.3, 0.4) is 0 Å². The van der Waals surface area contributed by atoms with Gasteiger partial charge in [0, 0.05) is 19.2 Å². The summed E-state index contributed by atoms with van der Waals surface area (Å²) in [6, 6.07) is 1.58. The minimum absolute atomic E-state index is 0.0748. The normalized spacial score (nSPS) is 13.9. The van der Waals surface area contributed by atoms with Crippen LogP contribution in [-0.4, -0.2) is 40.8 Å². The van der Waals surface area contributed by atoms with Crippen molar-refractivity contribution in [2.45, 2.75) is 0 Å². The molecule has 0 aliphatic carbocycles. The third kappa shape index (κ3) is 2.09. The Balaban J connectivity index is 2.09. The molecule has 0 atom stereocenters. The minimum Gasteiger partial charge on any atom is -0.453 e. The van der Waals surface area contributed by atoms with E-state index >= 15 is 0 Å². The number of amides is 1. The number of nitrogens with zero attached hydrogens (tertiary/aromatic N) is 4. The van der Waals surface area contributed by atoms with Crippen LogP contribution in [0.5, 0.6) is 0 Å². The number of anilines is 2. The van der Waals surface area contributed by atoms with E-state index in [0.29, 0.717) is 18.9 Å². The lowest BCUT2D eigenvalue weighted by Gasteiger charge is -2.17. The van der Waals surface area contributed by atoms with E-state index < -0.39 is 11.8 Å². The van der Waals surface area contributed by atoms with E-state index in [2.05, 4.69) is 20.0 Å². The van der Waals surface area contributed by atoms with E-state index in [0.717, 1.165) is 4.57 Å². The summed E-state index contributed by atoms with van der Waals surface area (Å²) in [4.78, 5) is 32.4. The molecule has 20 heavy (non-hydrogen) atoms. The number of methoxy groups -OCH3 is 1. The van der Waals surface area contributed by atoms with Crippen molar-refractivity contribution in [1.82, 2.24) is 14.5 Å². The number of fused-ring (bicyclic) bond motifs is 1. The Morgan fingerprint density at radius 3 is 2.85 bits per heavy atom. The van der Waals surface area contributed by atoms with Crippen molar-refractivity contribution in [3.05, 3.63) is 28.8 Å². The lowest BCUT2D eigenvalue weighted by Crippen LogP contribution is -2.21. The van der Waals surface area contributed by atoms with Crippen LogP contribution in [0.4, 0.5) is 16.4 Å². The molecule has 0 saturated carbocycles. The molecule has 0 radical (unpaired) electrons. The van der Waals surface area contributed by atoms with Gasteiger partial charge in [0.15, 0.2) is 5.82 Å². The minimum atomic E-state index is -0.790. The summed E-state index contributed by atoms with van der Waals surface area (Å²) in [5, 5.41) is 2.45. The molecular weight excluding hydrogens is 266 g/mol. The molecular formula is C11H11N5O4. The van der Waals surface area contributed by atoms with Gasteiger partial charge in [-0.3, -0.25) is 5.32 Å². The van der Waals surface area contributed by atoms with Crippen molar-refractivity contribution >= 4 is 23.5 Å². The predicted molar refractivity (Wildman–Crippen MR) is 68.9 cm³/mol. The standard InChI is InChI=1S/C11H11N5O4/c1-19-10(17)13-8-6-7(15-4-2-3-5-15)12-9-14-11(18)20-16(8)9/h2-3,6H,4-5H2,1H3,(H,13,17). The molecule has 9 heteroatoms. The summed E-state index contributed by atoms with van der Waals surface area (Å²) in [6.45, 7) is 1.39. The van der Waals surface area contributed by atoms with E-state index in [-0.39, 0.29) is 11.6 Å². The number of hydrogen-bond acceptors (Lipinski definition) is 7. The van der Waals surface area contributed by atoms with Crippen LogP contribution in [-0.2, 0) is 4.74 Å². The molecule has 1 amide bonds. The molecule has 2 aromatic rings. The fourth-order valence-electron chi connectivity index (χ4n) is 1.88. The number of rotatable bonds is 2. The lowest BCUT2D eigenvalue weighted by molar-refractivity contribution is 0.186. The number of aromatic nitrogens is 3. The molecule has 0 spiro atoms. The van der Waals surface area contributed by atoms with E-state index in [1.165, 1.54) is 7.11 Å². The van der Waals surface area contributed by atoms with Crippen LogP contribution in [0.15, 0.2) is 27.5 Å². The third-order valence-electron chi connectivity index (χ3n) is 2.80. The molecule has 0 saturated heterocycles. The molecule has 2 aromatic heterocycles. The first kappa shape index (κ1) is 12.2. The van der Waals surface area contributed by atoms with E-state index in [1.54, 1.807) is 6.07 Å². The van der Waals surface area contributed by atoms with Gasteiger partial charge < -0.3 is 14.2 Å². The first-order valence-corrected chi connectivity index (χ1v) is 5.83. The predicted octanol–water partition coefficient (Wildman–Crippen LogP) is 0.237. The smallest absolute Gasteiger partial charge is 0.453 e. The van der Waals surface area contributed by atoms with Gasteiger partial charge in [0.1, 0.15) is 5.82 Å². The van der Waals surface area contributed by atoms with Gasteiger partial charge in [-0.2, -0.15) is 4.98 Å². The summed E-state index contributed by atoms with van der Waals surface area (Å²) in [5.41, 5.74) is 0. The van der Waals surface area contributed by atoms with Crippen molar-refractivity contribution in [1.29, 1.82) is 0 Å². The van der Waals surface area contributed by atoms with E-state index in [1.807, 2.05) is 17.1 Å². The van der Waals surface area contributed by atoms with Gasteiger partial charge in [-0.15, -0.1) is 9.56 Å². The second-order valence-electron chi connectivity index (χ2n) is 4.06. The van der Waals surface area contributed by atoms with Crippen LogP contribution in [0.2, 0.25) is 0 Å². The fraction of sp³-hybridized carbons (Fsp3) is 0.273. The fourth-order valence-corrected chi connectivity index (χ4v) is 1.88. The highest BCUT2D eigenvalue weighted by molar-refractivity contribution is 5.84. The topological polar surface area (TPSA) is 102 Å². The van der Waals surface area contributed by atoms with Crippen LogP contribution >= 0.6 is 0 Å². The van der Waals surface area contributed by atoms with Crippen LogP contribution < -0.4 is 16.0 Å². The maximum atomic E-state index is 11.3.